The largest absolute Gasteiger partial charge is 0.343 e. The van der Waals surface area contributed by atoms with Gasteiger partial charge in [-0.15, -0.1) is 0 Å². The number of amides is 1. The third-order valence-corrected chi connectivity index (χ3v) is 6.89. The van der Waals surface area contributed by atoms with E-state index in [4.69, 9.17) is 16.1 Å². The highest BCUT2D eigenvalue weighted by molar-refractivity contribution is 6.35. The van der Waals surface area contributed by atoms with Gasteiger partial charge in [0.1, 0.15) is 0 Å². The van der Waals surface area contributed by atoms with Crippen molar-refractivity contribution in [3.63, 3.8) is 0 Å². The van der Waals surface area contributed by atoms with Gasteiger partial charge in [0, 0.05) is 42.3 Å². The summed E-state index contributed by atoms with van der Waals surface area (Å²) in [4.78, 5) is 31.9. The van der Waals surface area contributed by atoms with Crippen LogP contribution >= 0.6 is 11.6 Å². The number of likely N-dealkylation sites (tertiary alicyclic amines) is 1. The van der Waals surface area contributed by atoms with E-state index in [0.29, 0.717) is 35.3 Å². The van der Waals surface area contributed by atoms with Crippen molar-refractivity contribution < 1.29 is 14.1 Å². The Hall–Kier alpha value is -3.52. The molecule has 1 fully saturated rings. The van der Waals surface area contributed by atoms with E-state index in [0.717, 1.165) is 23.8 Å². The molecule has 3 heterocycles. The fraction of sp³-hybridized carbons (Fsp3) is 0.320. The Morgan fingerprint density at radius 3 is 2.53 bits per heavy atom. The first kappa shape index (κ1) is 22.3. The van der Waals surface area contributed by atoms with Crippen molar-refractivity contribution in [1.82, 2.24) is 24.8 Å². The summed E-state index contributed by atoms with van der Waals surface area (Å²) in [5.74, 6) is 0.898. The summed E-state index contributed by atoms with van der Waals surface area (Å²) in [5, 5.41) is 9.64. The summed E-state index contributed by atoms with van der Waals surface area (Å²) in [5.41, 5.74) is 1.26. The number of carbonyl (C=O) groups is 2. The molecule has 0 atom stereocenters. The van der Waals surface area contributed by atoms with Gasteiger partial charge in [0.05, 0.1) is 16.7 Å². The average molecular weight is 478 g/mol. The SMILES string of the molecule is CC1(c2noc(-c3ccccc3)n2)CCN(C(=O)CCC(=O)n2ncc3c(Cl)cccc32)CC1. The van der Waals surface area contributed by atoms with Crippen molar-refractivity contribution in [2.75, 3.05) is 13.1 Å². The molecule has 0 saturated carbocycles. The second-order valence-corrected chi connectivity index (χ2v) is 9.26. The average Bonchev–Trinajstić information content (AvgIpc) is 3.52. The van der Waals surface area contributed by atoms with Gasteiger partial charge >= 0.3 is 0 Å². The maximum Gasteiger partial charge on any atom is 0.257 e. The molecule has 174 valence electrons. The minimum atomic E-state index is -0.267. The summed E-state index contributed by atoms with van der Waals surface area (Å²) >= 11 is 6.16. The first-order chi connectivity index (χ1) is 16.4. The van der Waals surface area contributed by atoms with E-state index in [2.05, 4.69) is 22.2 Å². The van der Waals surface area contributed by atoms with Crippen molar-refractivity contribution in [1.29, 1.82) is 0 Å². The Balaban J connectivity index is 1.18. The van der Waals surface area contributed by atoms with E-state index in [-0.39, 0.29) is 30.1 Å². The van der Waals surface area contributed by atoms with Gasteiger partial charge in [-0.05, 0) is 37.1 Å². The van der Waals surface area contributed by atoms with Gasteiger partial charge in [-0.3, -0.25) is 9.59 Å². The Kier molecular flexibility index (Phi) is 5.91. The van der Waals surface area contributed by atoms with Gasteiger partial charge in [-0.1, -0.05) is 47.9 Å². The number of nitrogens with zero attached hydrogens (tertiary/aromatic N) is 5. The molecule has 0 unspecified atom stereocenters. The summed E-state index contributed by atoms with van der Waals surface area (Å²) in [6.45, 7) is 3.27. The van der Waals surface area contributed by atoms with Crippen LogP contribution in [0.15, 0.2) is 59.3 Å². The molecular weight excluding hydrogens is 454 g/mol. The monoisotopic (exact) mass is 477 g/mol. The summed E-state index contributed by atoms with van der Waals surface area (Å²) in [6.07, 6.45) is 3.24. The van der Waals surface area contributed by atoms with E-state index in [9.17, 15) is 9.59 Å². The molecule has 1 aliphatic heterocycles. The van der Waals surface area contributed by atoms with Gasteiger partial charge in [0.25, 0.3) is 5.89 Å². The van der Waals surface area contributed by atoms with E-state index in [1.807, 2.05) is 35.2 Å². The fourth-order valence-electron chi connectivity index (χ4n) is 4.33. The molecule has 8 nitrogen and oxygen atoms in total. The molecule has 0 radical (unpaired) electrons. The highest BCUT2D eigenvalue weighted by Crippen LogP contribution is 2.34. The molecule has 0 N–H and O–H groups in total. The summed E-state index contributed by atoms with van der Waals surface area (Å²) in [7, 11) is 0. The Labute approximate surface area is 201 Å². The van der Waals surface area contributed by atoms with E-state index in [1.54, 1.807) is 24.4 Å². The first-order valence-electron chi connectivity index (χ1n) is 11.3. The lowest BCUT2D eigenvalue weighted by molar-refractivity contribution is -0.132. The van der Waals surface area contributed by atoms with Crippen LogP contribution in [0.25, 0.3) is 22.4 Å². The van der Waals surface area contributed by atoms with Crippen LogP contribution in [0.5, 0.6) is 0 Å². The number of piperidine rings is 1. The van der Waals surface area contributed by atoms with Crippen LogP contribution in [0.2, 0.25) is 5.02 Å². The molecule has 2 aromatic heterocycles. The highest BCUT2D eigenvalue weighted by atomic mass is 35.5. The molecule has 0 spiro atoms. The third-order valence-electron chi connectivity index (χ3n) is 6.56. The van der Waals surface area contributed by atoms with Crippen molar-refractivity contribution in [2.45, 2.75) is 38.0 Å². The summed E-state index contributed by atoms with van der Waals surface area (Å²) < 4.78 is 6.81. The van der Waals surface area contributed by atoms with Crippen LogP contribution in [0, 0.1) is 0 Å². The molecule has 1 amide bonds. The molecule has 1 saturated heterocycles. The zero-order valence-corrected chi connectivity index (χ0v) is 19.5. The Morgan fingerprint density at radius 2 is 1.76 bits per heavy atom. The van der Waals surface area contributed by atoms with Gasteiger partial charge in [0.2, 0.25) is 11.8 Å². The number of halogens is 1. The lowest BCUT2D eigenvalue weighted by atomic mass is 9.79. The number of aromatic nitrogens is 4. The molecule has 4 aromatic rings. The molecule has 5 rings (SSSR count). The minimum Gasteiger partial charge on any atom is -0.343 e. The molecule has 9 heteroatoms. The predicted molar refractivity (Wildman–Crippen MR) is 128 cm³/mol. The quantitative estimate of drug-likeness (QED) is 0.412. The first-order valence-corrected chi connectivity index (χ1v) is 11.7. The second kappa shape index (κ2) is 9.02. The van der Waals surface area contributed by atoms with Crippen molar-refractivity contribution in [2.24, 2.45) is 0 Å². The number of rotatable bonds is 5. The molecule has 0 aliphatic carbocycles. The molecule has 1 aliphatic rings. The van der Waals surface area contributed by atoms with Crippen LogP contribution in [0.4, 0.5) is 0 Å². The third kappa shape index (κ3) is 4.21. The predicted octanol–water partition coefficient (Wildman–Crippen LogP) is 4.74. The van der Waals surface area contributed by atoms with Crippen LogP contribution in [-0.4, -0.2) is 49.7 Å². The highest BCUT2D eigenvalue weighted by Gasteiger charge is 2.37. The smallest absolute Gasteiger partial charge is 0.257 e. The van der Waals surface area contributed by atoms with Gasteiger partial charge in [-0.2, -0.15) is 10.1 Å². The molecule has 2 aromatic carbocycles. The molecular formula is C25H24ClN5O3. The fourth-order valence-corrected chi connectivity index (χ4v) is 4.55. The van der Waals surface area contributed by atoms with Gasteiger partial charge < -0.3 is 9.42 Å². The molecule has 0 bridgehead atoms. The number of benzene rings is 2. The lowest BCUT2D eigenvalue weighted by Gasteiger charge is -2.37. The normalized spacial score (nSPS) is 15.5. The van der Waals surface area contributed by atoms with Crippen molar-refractivity contribution >= 4 is 34.3 Å². The second-order valence-electron chi connectivity index (χ2n) is 8.85. The Morgan fingerprint density at radius 1 is 1.03 bits per heavy atom. The zero-order valence-electron chi connectivity index (χ0n) is 18.8. The van der Waals surface area contributed by atoms with Crippen LogP contribution in [0.1, 0.15) is 43.2 Å². The van der Waals surface area contributed by atoms with Gasteiger partial charge in [-0.25, -0.2) is 4.68 Å². The Bertz CT molecular complexity index is 1340. The molecule has 34 heavy (non-hydrogen) atoms. The van der Waals surface area contributed by atoms with Crippen molar-refractivity contribution in [3.8, 4) is 11.5 Å². The van der Waals surface area contributed by atoms with E-state index in [1.165, 1.54) is 4.68 Å². The van der Waals surface area contributed by atoms with Gasteiger partial charge in [0.15, 0.2) is 5.82 Å². The number of fused-ring (bicyclic) bond motifs is 1. The van der Waals surface area contributed by atoms with Crippen LogP contribution in [0.3, 0.4) is 0 Å². The van der Waals surface area contributed by atoms with E-state index >= 15 is 0 Å². The van der Waals surface area contributed by atoms with E-state index < -0.39 is 0 Å². The maximum atomic E-state index is 12.8. The maximum absolute atomic E-state index is 12.8. The van der Waals surface area contributed by atoms with Crippen molar-refractivity contribution in [3.05, 3.63) is 65.6 Å². The number of carbonyl (C=O) groups excluding carboxylic acids is 2. The standard InChI is InChI=1S/C25H24ClN5O3/c1-25(24-28-23(34-29-24)17-6-3-2-4-7-17)12-14-30(15-13-25)21(32)10-11-22(33)31-20-9-5-8-19(26)18(20)16-27-31/h2-9,16H,10-15H2,1H3. The van der Waals surface area contributed by atoms with Crippen LogP contribution < -0.4 is 0 Å². The number of hydrogen-bond acceptors (Lipinski definition) is 6. The minimum absolute atomic E-state index is 0.0389. The number of hydrogen-bond donors (Lipinski definition) is 0. The zero-order chi connectivity index (χ0) is 23.7. The lowest BCUT2D eigenvalue weighted by Crippen LogP contribution is -2.44. The van der Waals surface area contributed by atoms with Crippen LogP contribution in [-0.2, 0) is 10.2 Å². The summed E-state index contributed by atoms with van der Waals surface area (Å²) in [6, 6.07) is 15.0. The topological polar surface area (TPSA) is 94.1 Å².